The van der Waals surface area contributed by atoms with Crippen LogP contribution in [0.2, 0.25) is 0 Å². The first-order valence-corrected chi connectivity index (χ1v) is 12.9. The quantitative estimate of drug-likeness (QED) is 0.634. The number of aliphatic hydroxyl groups excluding tert-OH is 1. The molecule has 178 valence electrons. The molecule has 2 aliphatic heterocycles. The Bertz CT molecular complexity index is 1010. The zero-order chi connectivity index (χ0) is 23.3. The minimum Gasteiger partial charge on any atom is -0.394 e. The predicted molar refractivity (Wildman–Crippen MR) is 125 cm³/mol. The summed E-state index contributed by atoms with van der Waals surface area (Å²) in [5.41, 5.74) is 1.16. The van der Waals surface area contributed by atoms with Crippen LogP contribution in [0.5, 0.6) is 0 Å². The molecule has 0 bridgehead atoms. The Morgan fingerprint density at radius 3 is 2.24 bits per heavy atom. The fourth-order valence-electron chi connectivity index (χ4n) is 4.46. The van der Waals surface area contributed by atoms with Crippen molar-refractivity contribution >= 4 is 21.6 Å². The third kappa shape index (κ3) is 5.92. The number of nitrogens with zero attached hydrogens (tertiary/aromatic N) is 2. The number of sulfonamides is 1. The summed E-state index contributed by atoms with van der Waals surface area (Å²) in [6, 6.07) is 17.8. The van der Waals surface area contributed by atoms with Gasteiger partial charge in [0.1, 0.15) is 0 Å². The average Bonchev–Trinajstić information content (AvgIpc) is 2.86. The standard InChI is InChI=1S/C24H31N3O5S/c28-18-23-22(25-33(30,31)21-9-5-2-6-10-21)12-11-20(32-23)17-24(29)27-15-13-26(14-16-27)19-7-3-1-4-8-19/h1-10,20,22-23,25,28H,11-18H2/t20-,22-,23+/m0/s1. The molecule has 0 saturated carbocycles. The Labute approximate surface area is 195 Å². The summed E-state index contributed by atoms with van der Waals surface area (Å²) in [4.78, 5) is 17.2. The fraction of sp³-hybridized carbons (Fsp3) is 0.458. The molecule has 2 aromatic rings. The maximum Gasteiger partial charge on any atom is 0.240 e. The van der Waals surface area contributed by atoms with E-state index in [1.807, 2.05) is 23.1 Å². The van der Waals surface area contributed by atoms with Gasteiger partial charge in [0.05, 0.1) is 36.2 Å². The van der Waals surface area contributed by atoms with E-state index >= 15 is 0 Å². The molecule has 9 heteroatoms. The van der Waals surface area contributed by atoms with Gasteiger partial charge in [-0.25, -0.2) is 13.1 Å². The molecule has 2 N–H and O–H groups in total. The Morgan fingerprint density at radius 1 is 0.970 bits per heavy atom. The molecule has 2 fully saturated rings. The number of anilines is 1. The molecule has 4 rings (SSSR count). The second-order valence-corrected chi connectivity index (χ2v) is 10.2. The third-order valence-corrected chi connectivity index (χ3v) is 7.82. The number of aliphatic hydroxyl groups is 1. The van der Waals surface area contributed by atoms with Gasteiger partial charge in [-0.2, -0.15) is 0 Å². The van der Waals surface area contributed by atoms with Gasteiger partial charge in [-0.15, -0.1) is 0 Å². The second-order valence-electron chi connectivity index (χ2n) is 8.50. The molecule has 0 unspecified atom stereocenters. The molecule has 0 aliphatic carbocycles. The molecular formula is C24H31N3O5S. The summed E-state index contributed by atoms with van der Waals surface area (Å²) in [6.07, 6.45) is 0.259. The Kier molecular flexibility index (Phi) is 7.64. The number of ether oxygens (including phenoxy) is 1. The zero-order valence-electron chi connectivity index (χ0n) is 18.5. The molecule has 2 aromatic carbocycles. The highest BCUT2D eigenvalue weighted by molar-refractivity contribution is 7.89. The van der Waals surface area contributed by atoms with Crippen LogP contribution in [0.15, 0.2) is 65.6 Å². The Morgan fingerprint density at radius 2 is 1.61 bits per heavy atom. The number of hydrogen-bond acceptors (Lipinski definition) is 6. The highest BCUT2D eigenvalue weighted by atomic mass is 32.2. The summed E-state index contributed by atoms with van der Waals surface area (Å²) in [5.74, 6) is 0.0349. The number of para-hydroxylation sites is 1. The molecule has 1 amide bonds. The normalized spacial score (nSPS) is 24.0. The highest BCUT2D eigenvalue weighted by Gasteiger charge is 2.35. The van der Waals surface area contributed by atoms with Crippen molar-refractivity contribution in [3.63, 3.8) is 0 Å². The molecule has 8 nitrogen and oxygen atoms in total. The number of benzene rings is 2. The van der Waals surface area contributed by atoms with Crippen molar-refractivity contribution in [2.24, 2.45) is 0 Å². The Balaban J connectivity index is 1.28. The minimum absolute atomic E-state index is 0.0349. The van der Waals surface area contributed by atoms with Crippen molar-refractivity contribution in [2.45, 2.75) is 42.4 Å². The molecule has 2 saturated heterocycles. The van der Waals surface area contributed by atoms with Crippen LogP contribution in [0, 0.1) is 0 Å². The molecular weight excluding hydrogens is 442 g/mol. The summed E-state index contributed by atoms with van der Waals surface area (Å²) >= 11 is 0. The lowest BCUT2D eigenvalue weighted by Gasteiger charge is -2.38. The lowest BCUT2D eigenvalue weighted by molar-refractivity contribution is -0.140. The van der Waals surface area contributed by atoms with Crippen molar-refractivity contribution in [3.8, 4) is 0 Å². The number of amides is 1. The van der Waals surface area contributed by atoms with E-state index in [-0.39, 0.29) is 29.9 Å². The van der Waals surface area contributed by atoms with Crippen molar-refractivity contribution in [3.05, 3.63) is 60.7 Å². The lowest BCUT2D eigenvalue weighted by atomic mass is 9.97. The molecule has 33 heavy (non-hydrogen) atoms. The molecule has 2 aliphatic rings. The van der Waals surface area contributed by atoms with E-state index in [9.17, 15) is 18.3 Å². The third-order valence-electron chi connectivity index (χ3n) is 6.31. The predicted octanol–water partition coefficient (Wildman–Crippen LogP) is 1.61. The summed E-state index contributed by atoms with van der Waals surface area (Å²) in [5, 5.41) is 9.81. The van der Waals surface area contributed by atoms with Crippen LogP contribution < -0.4 is 9.62 Å². The van der Waals surface area contributed by atoms with Crippen LogP contribution in [-0.2, 0) is 19.6 Å². The molecule has 3 atom stereocenters. The van der Waals surface area contributed by atoms with Crippen LogP contribution in [0.3, 0.4) is 0 Å². The maximum absolute atomic E-state index is 12.9. The molecule has 2 heterocycles. The lowest BCUT2D eigenvalue weighted by Crippen LogP contribution is -2.52. The van der Waals surface area contributed by atoms with E-state index in [0.717, 1.165) is 18.8 Å². The van der Waals surface area contributed by atoms with Crippen molar-refractivity contribution < 1.29 is 23.1 Å². The number of carbonyl (C=O) groups is 1. The van der Waals surface area contributed by atoms with Gasteiger partial charge >= 0.3 is 0 Å². The second kappa shape index (κ2) is 10.6. The van der Waals surface area contributed by atoms with E-state index in [0.29, 0.717) is 25.9 Å². The van der Waals surface area contributed by atoms with Gasteiger partial charge in [-0.1, -0.05) is 36.4 Å². The van der Waals surface area contributed by atoms with Crippen LogP contribution >= 0.6 is 0 Å². The van der Waals surface area contributed by atoms with E-state index in [1.54, 1.807) is 18.2 Å². The van der Waals surface area contributed by atoms with Crippen molar-refractivity contribution in [2.75, 3.05) is 37.7 Å². The van der Waals surface area contributed by atoms with Gasteiger partial charge in [0, 0.05) is 31.9 Å². The van der Waals surface area contributed by atoms with Crippen molar-refractivity contribution in [1.82, 2.24) is 9.62 Å². The van der Waals surface area contributed by atoms with Crippen LogP contribution in [0.1, 0.15) is 19.3 Å². The number of rotatable bonds is 7. The first-order valence-electron chi connectivity index (χ1n) is 11.4. The zero-order valence-corrected chi connectivity index (χ0v) is 19.4. The SMILES string of the molecule is O=C(C[C@@H]1CC[C@H](NS(=O)(=O)c2ccccc2)[C@@H](CO)O1)N1CCN(c2ccccc2)CC1. The van der Waals surface area contributed by atoms with Gasteiger partial charge in [0.25, 0.3) is 0 Å². The summed E-state index contributed by atoms with van der Waals surface area (Å²) in [7, 11) is -3.71. The minimum atomic E-state index is -3.71. The number of carbonyl (C=O) groups excluding carboxylic acids is 1. The van der Waals surface area contributed by atoms with Gasteiger partial charge in [0.2, 0.25) is 15.9 Å². The maximum atomic E-state index is 12.9. The van der Waals surface area contributed by atoms with E-state index in [4.69, 9.17) is 4.74 Å². The van der Waals surface area contributed by atoms with Gasteiger partial charge in [-0.3, -0.25) is 4.79 Å². The number of hydrogen-bond donors (Lipinski definition) is 2. The topological polar surface area (TPSA) is 99.2 Å². The van der Waals surface area contributed by atoms with Crippen LogP contribution in [-0.4, -0.2) is 75.4 Å². The first kappa shape index (κ1) is 23.7. The highest BCUT2D eigenvalue weighted by Crippen LogP contribution is 2.25. The van der Waals surface area contributed by atoms with Gasteiger partial charge < -0.3 is 19.6 Å². The van der Waals surface area contributed by atoms with E-state index in [1.165, 1.54) is 12.1 Å². The van der Waals surface area contributed by atoms with Crippen LogP contribution in [0.4, 0.5) is 5.69 Å². The number of piperazine rings is 1. The molecule has 0 radical (unpaired) electrons. The summed E-state index contributed by atoms with van der Waals surface area (Å²) in [6.45, 7) is 2.56. The average molecular weight is 474 g/mol. The monoisotopic (exact) mass is 473 g/mol. The van der Waals surface area contributed by atoms with Gasteiger partial charge in [-0.05, 0) is 37.1 Å². The van der Waals surface area contributed by atoms with E-state index < -0.39 is 22.2 Å². The Hall–Kier alpha value is -2.46. The van der Waals surface area contributed by atoms with E-state index in [2.05, 4.69) is 21.8 Å². The number of nitrogens with one attached hydrogen (secondary N) is 1. The van der Waals surface area contributed by atoms with Gasteiger partial charge in [0.15, 0.2) is 0 Å². The largest absolute Gasteiger partial charge is 0.394 e. The smallest absolute Gasteiger partial charge is 0.240 e. The molecule has 0 spiro atoms. The summed E-state index contributed by atoms with van der Waals surface area (Å²) < 4.78 is 33.9. The first-order chi connectivity index (χ1) is 16.0. The fourth-order valence-corrected chi connectivity index (χ4v) is 5.78. The van der Waals surface area contributed by atoms with Crippen LogP contribution in [0.25, 0.3) is 0 Å². The molecule has 0 aromatic heterocycles. The van der Waals surface area contributed by atoms with Crippen molar-refractivity contribution in [1.29, 1.82) is 0 Å².